The first-order valence-electron chi connectivity index (χ1n) is 28.2. The van der Waals surface area contributed by atoms with E-state index in [2.05, 4.69) is 130 Å². The van der Waals surface area contributed by atoms with Crippen LogP contribution in [0.4, 0.5) is 0 Å². The lowest BCUT2D eigenvalue weighted by Crippen LogP contribution is -2.30. The molecule has 0 saturated carbocycles. The van der Waals surface area contributed by atoms with Crippen molar-refractivity contribution in [3.05, 3.63) is 134 Å². The van der Waals surface area contributed by atoms with Crippen LogP contribution in [-0.2, 0) is 28.6 Å². The molecule has 0 aliphatic heterocycles. The lowest BCUT2D eigenvalue weighted by atomic mass is 10.0. The number of allylic oxidation sites excluding steroid dienone is 22. The molecule has 0 saturated heterocycles. The first-order valence-corrected chi connectivity index (χ1v) is 28.2. The molecule has 0 fully saturated rings. The predicted octanol–water partition coefficient (Wildman–Crippen LogP) is 19.0. The van der Waals surface area contributed by atoms with Crippen LogP contribution < -0.4 is 0 Å². The van der Waals surface area contributed by atoms with Gasteiger partial charge in [-0.1, -0.05) is 257 Å². The fourth-order valence-electron chi connectivity index (χ4n) is 7.28. The average molecular weight is 968 g/mol. The molecule has 70 heavy (non-hydrogen) atoms. The Hall–Kier alpha value is -4.45. The quantitative estimate of drug-likeness (QED) is 0.0262. The first kappa shape index (κ1) is 65.5. The van der Waals surface area contributed by atoms with Crippen molar-refractivity contribution in [1.82, 2.24) is 0 Å². The summed E-state index contributed by atoms with van der Waals surface area (Å²) in [6.45, 7) is 6.28. The van der Waals surface area contributed by atoms with Crippen LogP contribution in [-0.4, -0.2) is 37.2 Å². The van der Waals surface area contributed by atoms with Crippen LogP contribution in [0.15, 0.2) is 134 Å². The van der Waals surface area contributed by atoms with Crippen LogP contribution in [0.25, 0.3) is 0 Å². The fourth-order valence-corrected chi connectivity index (χ4v) is 7.28. The Morgan fingerprint density at radius 1 is 0.300 bits per heavy atom. The van der Waals surface area contributed by atoms with E-state index >= 15 is 0 Å². The minimum atomic E-state index is -0.842. The summed E-state index contributed by atoms with van der Waals surface area (Å²) >= 11 is 0. The van der Waals surface area contributed by atoms with Crippen molar-refractivity contribution in [1.29, 1.82) is 0 Å². The third kappa shape index (κ3) is 54.5. The van der Waals surface area contributed by atoms with E-state index in [4.69, 9.17) is 14.2 Å². The molecule has 1 unspecified atom stereocenters. The highest BCUT2D eigenvalue weighted by atomic mass is 16.6. The summed E-state index contributed by atoms with van der Waals surface area (Å²) in [6.07, 6.45) is 80.4. The summed E-state index contributed by atoms with van der Waals surface area (Å²) in [5.41, 5.74) is 0. The molecule has 6 heteroatoms. The van der Waals surface area contributed by atoms with Gasteiger partial charge in [-0.25, -0.2) is 0 Å². The molecular weight excluding hydrogens is 865 g/mol. The highest BCUT2D eigenvalue weighted by Gasteiger charge is 2.19. The standard InChI is InChI=1S/C64H102O6/c1-4-7-10-13-16-19-22-25-28-31-32-34-36-39-42-45-48-51-54-57-63(66)69-60-61(59-68-62(65)56-53-50-47-44-41-38-35-30-27-24-21-18-15-12-9-6-3)70-64(67)58-55-52-49-46-43-40-37-33-29-26-23-20-17-14-11-8-5-2/h7,9-10,12,16,18-19,21,25,27-28,30,32,34,38-39,41-42,47-48,50-51,61H,4-6,8,11,13-15,17,20,22-24,26,29,31,33,35-37,40,43-46,49,52-60H2,1-3H3/b10-7-,12-9-,19-16-,21-18-,28-25-,30-27-,34-32-,41-38-,42-39-,50-47-,51-48-. The Labute approximate surface area is 430 Å². The zero-order chi connectivity index (χ0) is 50.7. The number of ether oxygens (including phenoxy) is 3. The number of carbonyl (C=O) groups excluding carboxylic acids is 3. The summed E-state index contributed by atoms with van der Waals surface area (Å²) in [7, 11) is 0. The SMILES string of the molecule is CC/C=C\C/C=C\C/C=C\C/C=C\C/C=C\C/C=C\CCC(=O)OCC(COC(=O)CC/C=C\C/C=C\C/C=C\C/C=C\C/C=C\CC)OC(=O)CCCCCCCCCCCCCCCCCCC. The van der Waals surface area contributed by atoms with Gasteiger partial charge in [0.15, 0.2) is 6.10 Å². The Morgan fingerprint density at radius 3 is 0.843 bits per heavy atom. The Kier molecular flexibility index (Phi) is 53.5. The number of hydrogen-bond acceptors (Lipinski definition) is 6. The molecule has 0 rings (SSSR count). The van der Waals surface area contributed by atoms with Crippen molar-refractivity contribution in [2.75, 3.05) is 13.2 Å². The molecule has 0 radical (unpaired) electrons. The van der Waals surface area contributed by atoms with E-state index in [0.717, 1.165) is 89.9 Å². The maximum absolute atomic E-state index is 12.9. The van der Waals surface area contributed by atoms with Crippen LogP contribution in [0.5, 0.6) is 0 Å². The van der Waals surface area contributed by atoms with Crippen LogP contribution in [0.1, 0.15) is 233 Å². The van der Waals surface area contributed by atoms with Crippen LogP contribution in [0.3, 0.4) is 0 Å². The van der Waals surface area contributed by atoms with Gasteiger partial charge in [0.2, 0.25) is 0 Å². The number of carbonyl (C=O) groups is 3. The second kappa shape index (κ2) is 57.1. The smallest absolute Gasteiger partial charge is 0.306 e. The van der Waals surface area contributed by atoms with E-state index in [1.807, 2.05) is 24.3 Å². The summed E-state index contributed by atoms with van der Waals surface area (Å²) < 4.78 is 16.7. The lowest BCUT2D eigenvalue weighted by molar-refractivity contribution is -0.166. The van der Waals surface area contributed by atoms with Crippen molar-refractivity contribution < 1.29 is 28.6 Å². The van der Waals surface area contributed by atoms with Gasteiger partial charge in [0, 0.05) is 19.3 Å². The molecule has 0 aromatic carbocycles. The Bertz CT molecular complexity index is 1530. The van der Waals surface area contributed by atoms with E-state index in [-0.39, 0.29) is 44.0 Å². The van der Waals surface area contributed by atoms with E-state index in [0.29, 0.717) is 19.3 Å². The van der Waals surface area contributed by atoms with Crippen LogP contribution in [0, 0.1) is 0 Å². The second-order valence-electron chi connectivity index (χ2n) is 18.1. The monoisotopic (exact) mass is 967 g/mol. The zero-order valence-electron chi connectivity index (χ0n) is 45.0. The van der Waals surface area contributed by atoms with Crippen LogP contribution in [0.2, 0.25) is 0 Å². The molecule has 394 valence electrons. The van der Waals surface area contributed by atoms with Gasteiger partial charge in [-0.3, -0.25) is 14.4 Å². The van der Waals surface area contributed by atoms with Gasteiger partial charge >= 0.3 is 17.9 Å². The molecule has 0 spiro atoms. The van der Waals surface area contributed by atoms with Gasteiger partial charge in [-0.15, -0.1) is 0 Å². The predicted molar refractivity (Wildman–Crippen MR) is 302 cm³/mol. The van der Waals surface area contributed by atoms with Crippen molar-refractivity contribution in [2.45, 2.75) is 239 Å². The molecule has 1 atom stereocenters. The first-order chi connectivity index (χ1) is 34.5. The van der Waals surface area contributed by atoms with Gasteiger partial charge in [-0.05, 0) is 89.9 Å². The topological polar surface area (TPSA) is 78.9 Å². The number of esters is 3. The van der Waals surface area contributed by atoms with Gasteiger partial charge < -0.3 is 14.2 Å². The molecular formula is C64H102O6. The van der Waals surface area contributed by atoms with Gasteiger partial charge in [-0.2, -0.15) is 0 Å². The Morgan fingerprint density at radius 2 is 0.557 bits per heavy atom. The number of unbranched alkanes of at least 4 members (excludes halogenated alkanes) is 16. The third-order valence-corrected chi connectivity index (χ3v) is 11.4. The van der Waals surface area contributed by atoms with Crippen LogP contribution >= 0.6 is 0 Å². The lowest BCUT2D eigenvalue weighted by Gasteiger charge is -2.18. The van der Waals surface area contributed by atoms with Crippen molar-refractivity contribution >= 4 is 17.9 Å². The molecule has 0 aromatic rings. The van der Waals surface area contributed by atoms with Crippen molar-refractivity contribution in [3.8, 4) is 0 Å². The largest absolute Gasteiger partial charge is 0.462 e. The molecule has 0 aromatic heterocycles. The molecule has 0 bridgehead atoms. The summed E-state index contributed by atoms with van der Waals surface area (Å²) in [4.78, 5) is 38.1. The molecule has 6 nitrogen and oxygen atoms in total. The van der Waals surface area contributed by atoms with Crippen molar-refractivity contribution in [2.24, 2.45) is 0 Å². The van der Waals surface area contributed by atoms with E-state index in [1.54, 1.807) is 0 Å². The third-order valence-electron chi connectivity index (χ3n) is 11.4. The van der Waals surface area contributed by atoms with Gasteiger partial charge in [0.1, 0.15) is 13.2 Å². The second-order valence-corrected chi connectivity index (χ2v) is 18.1. The summed E-state index contributed by atoms with van der Waals surface area (Å²) in [5.74, 6) is -1.10. The summed E-state index contributed by atoms with van der Waals surface area (Å²) in [5, 5.41) is 0. The number of rotatable bonds is 49. The maximum Gasteiger partial charge on any atom is 0.306 e. The highest BCUT2D eigenvalue weighted by Crippen LogP contribution is 2.15. The fraction of sp³-hybridized carbons (Fsp3) is 0.609. The molecule has 0 N–H and O–H groups in total. The highest BCUT2D eigenvalue weighted by molar-refractivity contribution is 5.71. The molecule has 0 aliphatic carbocycles. The molecule has 0 heterocycles. The van der Waals surface area contributed by atoms with Crippen molar-refractivity contribution in [3.63, 3.8) is 0 Å². The van der Waals surface area contributed by atoms with E-state index in [9.17, 15) is 14.4 Å². The zero-order valence-corrected chi connectivity index (χ0v) is 45.0. The normalized spacial score (nSPS) is 13.1. The average Bonchev–Trinajstić information content (AvgIpc) is 3.36. The minimum Gasteiger partial charge on any atom is -0.462 e. The van der Waals surface area contributed by atoms with Gasteiger partial charge in [0.25, 0.3) is 0 Å². The number of hydrogen-bond donors (Lipinski definition) is 0. The van der Waals surface area contributed by atoms with E-state index < -0.39 is 6.10 Å². The Balaban J connectivity index is 4.60. The minimum absolute atomic E-state index is 0.143. The van der Waals surface area contributed by atoms with Gasteiger partial charge in [0.05, 0.1) is 0 Å². The maximum atomic E-state index is 12.9. The van der Waals surface area contributed by atoms with E-state index in [1.165, 1.54) is 89.9 Å². The molecule has 0 amide bonds. The molecule has 0 aliphatic rings. The summed E-state index contributed by atoms with van der Waals surface area (Å²) in [6, 6.07) is 0.